The predicted octanol–water partition coefficient (Wildman–Crippen LogP) is 4.41. The molecular weight excluding hydrogens is 392 g/mol. The molecule has 0 aliphatic heterocycles. The molecule has 0 aromatic carbocycles. The van der Waals surface area contributed by atoms with Gasteiger partial charge in [0.05, 0.1) is 5.41 Å². The summed E-state index contributed by atoms with van der Waals surface area (Å²) in [7, 11) is 0. The van der Waals surface area contributed by atoms with Crippen LogP contribution >= 0.6 is 0 Å². The van der Waals surface area contributed by atoms with Crippen LogP contribution < -0.4 is 0 Å². The minimum Gasteiger partial charge on any atom is -0.457 e. The van der Waals surface area contributed by atoms with Gasteiger partial charge in [-0.1, -0.05) is 19.4 Å². The highest BCUT2D eigenvalue weighted by atomic mass is 16.5. The van der Waals surface area contributed by atoms with Crippen LogP contribution in [0.2, 0.25) is 0 Å². The summed E-state index contributed by atoms with van der Waals surface area (Å²) in [4.78, 5) is 37.3. The first kappa shape index (κ1) is 22.7. The molecule has 0 unspecified atom stereocenters. The highest BCUT2D eigenvalue weighted by Gasteiger charge is 2.66. The van der Waals surface area contributed by atoms with Gasteiger partial charge in [0.25, 0.3) is 0 Å². The lowest BCUT2D eigenvalue weighted by Crippen LogP contribution is -2.58. The van der Waals surface area contributed by atoms with Crippen LogP contribution in [0.4, 0.5) is 0 Å². The number of esters is 1. The molecule has 4 rings (SSSR count). The molecule has 0 bridgehead atoms. The first-order valence-corrected chi connectivity index (χ1v) is 12.0. The fourth-order valence-electron chi connectivity index (χ4n) is 7.50. The first-order valence-electron chi connectivity index (χ1n) is 12.0. The fraction of sp³-hybridized carbons (Fsp3) is 0.808. The molecule has 31 heavy (non-hydrogen) atoms. The Morgan fingerprint density at radius 3 is 2.42 bits per heavy atom. The molecule has 4 aliphatic rings. The molecule has 1 N–H and O–H groups in total. The Morgan fingerprint density at radius 1 is 1.06 bits per heavy atom. The number of fused-ring (bicyclic) bond motifs is 5. The SMILES string of the molecule is CC(C)(C)C(=O)OCC(=O)[C@@]1(O)CC[C@@H]2[C@H]3CCC4=CC(=O)CC[C@]4(C)[C@H]3CC[C@@]21C. The monoisotopic (exact) mass is 430 g/mol. The van der Waals surface area contributed by atoms with E-state index >= 15 is 0 Å². The third-order valence-electron chi connectivity index (χ3n) is 9.52. The van der Waals surface area contributed by atoms with Gasteiger partial charge in [0.1, 0.15) is 5.60 Å². The minimum atomic E-state index is -1.43. The molecule has 4 aliphatic carbocycles. The number of hydrogen-bond donors (Lipinski definition) is 1. The van der Waals surface area contributed by atoms with Crippen molar-refractivity contribution in [2.45, 2.75) is 91.6 Å². The molecular formula is C26H38O5. The molecule has 0 aromatic heterocycles. The predicted molar refractivity (Wildman–Crippen MR) is 117 cm³/mol. The highest BCUT2D eigenvalue weighted by Crippen LogP contribution is 2.67. The maximum Gasteiger partial charge on any atom is 0.311 e. The summed E-state index contributed by atoms with van der Waals surface area (Å²) < 4.78 is 5.29. The summed E-state index contributed by atoms with van der Waals surface area (Å²) in [6, 6.07) is 0. The Balaban J connectivity index is 1.54. The van der Waals surface area contributed by atoms with Gasteiger partial charge >= 0.3 is 5.97 Å². The lowest BCUT2D eigenvalue weighted by molar-refractivity contribution is -0.172. The molecule has 0 heterocycles. The van der Waals surface area contributed by atoms with Crippen LogP contribution in [0.5, 0.6) is 0 Å². The van der Waals surface area contributed by atoms with Crippen LogP contribution in [0.3, 0.4) is 0 Å². The van der Waals surface area contributed by atoms with E-state index in [0.29, 0.717) is 24.7 Å². The van der Waals surface area contributed by atoms with E-state index in [-0.39, 0.29) is 29.5 Å². The van der Waals surface area contributed by atoms with Gasteiger partial charge in [-0.05, 0) is 95.0 Å². The zero-order chi connectivity index (χ0) is 22.8. The van der Waals surface area contributed by atoms with E-state index in [1.54, 1.807) is 20.8 Å². The van der Waals surface area contributed by atoms with Crippen LogP contribution in [-0.2, 0) is 19.1 Å². The minimum absolute atomic E-state index is 0.0745. The van der Waals surface area contributed by atoms with Gasteiger partial charge in [0, 0.05) is 11.8 Å². The molecule has 0 aromatic rings. The quantitative estimate of drug-likeness (QED) is 0.671. The average molecular weight is 431 g/mol. The van der Waals surface area contributed by atoms with Crippen molar-refractivity contribution >= 4 is 17.5 Å². The normalized spacial score (nSPS) is 42.2. The van der Waals surface area contributed by atoms with E-state index in [1.165, 1.54) is 5.57 Å². The smallest absolute Gasteiger partial charge is 0.311 e. The van der Waals surface area contributed by atoms with Crippen molar-refractivity contribution < 1.29 is 24.2 Å². The zero-order valence-electron chi connectivity index (χ0n) is 19.8. The summed E-state index contributed by atoms with van der Waals surface area (Å²) in [6.45, 7) is 9.34. The highest BCUT2D eigenvalue weighted by molar-refractivity contribution is 5.92. The lowest BCUT2D eigenvalue weighted by Gasteiger charge is -2.58. The summed E-state index contributed by atoms with van der Waals surface area (Å²) >= 11 is 0. The summed E-state index contributed by atoms with van der Waals surface area (Å²) in [5.74, 6) is 0.758. The van der Waals surface area contributed by atoms with Gasteiger partial charge in [-0.15, -0.1) is 0 Å². The third-order valence-corrected chi connectivity index (χ3v) is 9.52. The van der Waals surface area contributed by atoms with Crippen molar-refractivity contribution in [3.05, 3.63) is 11.6 Å². The van der Waals surface area contributed by atoms with E-state index in [1.807, 2.05) is 6.08 Å². The maximum absolute atomic E-state index is 13.2. The molecule has 0 radical (unpaired) electrons. The second-order valence-corrected chi connectivity index (χ2v) is 12.1. The third kappa shape index (κ3) is 3.34. The van der Waals surface area contributed by atoms with E-state index in [0.717, 1.165) is 38.5 Å². The Morgan fingerprint density at radius 2 is 1.74 bits per heavy atom. The summed E-state index contributed by atoms with van der Waals surface area (Å²) in [6.07, 6.45) is 8.49. The van der Waals surface area contributed by atoms with Crippen molar-refractivity contribution in [3.8, 4) is 0 Å². The second-order valence-electron chi connectivity index (χ2n) is 12.1. The van der Waals surface area contributed by atoms with Crippen molar-refractivity contribution in [2.75, 3.05) is 6.61 Å². The van der Waals surface area contributed by atoms with Gasteiger partial charge in [-0.3, -0.25) is 14.4 Å². The Bertz CT molecular complexity index is 835. The summed E-state index contributed by atoms with van der Waals surface area (Å²) in [5, 5.41) is 11.7. The first-order chi connectivity index (χ1) is 14.3. The van der Waals surface area contributed by atoms with Crippen LogP contribution in [-0.4, -0.2) is 34.9 Å². The number of rotatable bonds is 3. The van der Waals surface area contributed by atoms with Crippen LogP contribution in [0.15, 0.2) is 11.6 Å². The summed E-state index contributed by atoms with van der Waals surface area (Å²) in [5.41, 5.74) is -1.19. The van der Waals surface area contributed by atoms with Crippen LogP contribution in [0.25, 0.3) is 0 Å². The molecule has 172 valence electrons. The number of hydrogen-bond acceptors (Lipinski definition) is 5. The molecule has 5 heteroatoms. The molecule has 3 saturated carbocycles. The van der Waals surface area contributed by atoms with Gasteiger partial charge in [0.2, 0.25) is 5.78 Å². The zero-order valence-corrected chi connectivity index (χ0v) is 19.8. The van der Waals surface area contributed by atoms with E-state index in [4.69, 9.17) is 4.74 Å². The number of aliphatic hydroxyl groups is 1. The lowest BCUT2D eigenvalue weighted by atomic mass is 9.46. The molecule has 3 fully saturated rings. The van der Waals surface area contributed by atoms with E-state index in [9.17, 15) is 19.5 Å². The second kappa shape index (κ2) is 7.26. The number of carbonyl (C=O) groups excluding carboxylic acids is 3. The van der Waals surface area contributed by atoms with Crippen molar-refractivity contribution in [1.29, 1.82) is 0 Å². The van der Waals surface area contributed by atoms with Crippen LogP contribution in [0, 0.1) is 34.0 Å². The molecule has 6 atom stereocenters. The molecule has 0 saturated heterocycles. The Kier molecular flexibility index (Phi) is 5.32. The van der Waals surface area contributed by atoms with E-state index in [2.05, 4.69) is 13.8 Å². The van der Waals surface area contributed by atoms with Crippen LogP contribution in [0.1, 0.15) is 86.0 Å². The fourth-order valence-corrected chi connectivity index (χ4v) is 7.50. The number of carbonyl (C=O) groups is 3. The van der Waals surface area contributed by atoms with Crippen molar-refractivity contribution in [1.82, 2.24) is 0 Å². The van der Waals surface area contributed by atoms with Crippen molar-refractivity contribution in [3.63, 3.8) is 0 Å². The van der Waals surface area contributed by atoms with Gasteiger partial charge < -0.3 is 9.84 Å². The molecule has 0 spiro atoms. The average Bonchev–Trinajstić information content (AvgIpc) is 2.98. The van der Waals surface area contributed by atoms with Gasteiger partial charge in [0.15, 0.2) is 12.4 Å². The topological polar surface area (TPSA) is 80.7 Å². The van der Waals surface area contributed by atoms with Gasteiger partial charge in [-0.2, -0.15) is 0 Å². The van der Waals surface area contributed by atoms with Crippen molar-refractivity contribution in [2.24, 2.45) is 34.0 Å². The molecule has 5 nitrogen and oxygen atoms in total. The number of allylic oxidation sites excluding steroid dienone is 1. The Hall–Kier alpha value is -1.49. The number of Topliss-reactive ketones (excluding diaryl/α,β-unsaturated/α-hetero) is 1. The maximum atomic E-state index is 13.2. The largest absolute Gasteiger partial charge is 0.457 e. The Labute approximate surface area is 186 Å². The standard InChI is InChI=1S/C26H38O5/c1-23(2,3)22(29)31-15-21(28)26(30)13-10-20-18-7-6-16-14-17(27)8-11-24(16,4)19(18)9-12-25(20,26)5/h14,18-20,30H,6-13,15H2,1-5H3/t18-,19-,20+,24-,25-,26-/m0/s1. The number of ketones is 2. The van der Waals surface area contributed by atoms with E-state index < -0.39 is 22.4 Å². The number of ether oxygens (including phenoxy) is 1. The molecule has 0 amide bonds. The van der Waals surface area contributed by atoms with Gasteiger partial charge in [-0.25, -0.2) is 0 Å².